The molecule has 0 saturated carbocycles. The van der Waals surface area contributed by atoms with Crippen molar-refractivity contribution >= 4 is 23.5 Å². The zero-order valence-electron chi connectivity index (χ0n) is 17.0. The molecular formula is C22H25ClN2O6. The Labute approximate surface area is 185 Å². The van der Waals surface area contributed by atoms with E-state index in [-0.39, 0.29) is 18.8 Å². The smallest absolute Gasteiger partial charge is 0.414 e. The van der Waals surface area contributed by atoms with Crippen molar-refractivity contribution in [1.82, 2.24) is 5.32 Å². The molecule has 8 nitrogen and oxygen atoms in total. The van der Waals surface area contributed by atoms with Gasteiger partial charge in [0.2, 0.25) is 0 Å². The van der Waals surface area contributed by atoms with Gasteiger partial charge < -0.3 is 25.4 Å². The Morgan fingerprint density at radius 3 is 2.35 bits per heavy atom. The molecule has 2 aromatic carbocycles. The number of aliphatic hydroxyl groups is 1. The minimum Gasteiger partial charge on any atom is -0.484 e. The Morgan fingerprint density at radius 1 is 1.16 bits per heavy atom. The van der Waals surface area contributed by atoms with Crippen LogP contribution in [0, 0.1) is 11.3 Å². The van der Waals surface area contributed by atoms with Crippen molar-refractivity contribution < 1.29 is 29.6 Å². The van der Waals surface area contributed by atoms with Gasteiger partial charge in [0.05, 0.1) is 12.2 Å². The van der Waals surface area contributed by atoms with E-state index >= 15 is 0 Å². The number of halogens is 1. The average molecular weight is 449 g/mol. The quantitative estimate of drug-likeness (QED) is 0.338. The Hall–Kier alpha value is -3.12. The lowest BCUT2D eigenvalue weighted by atomic mass is 10.0. The molecule has 166 valence electrons. The van der Waals surface area contributed by atoms with E-state index in [1.807, 2.05) is 37.3 Å². The second-order valence-corrected chi connectivity index (χ2v) is 7.00. The fourth-order valence-corrected chi connectivity index (χ4v) is 2.66. The van der Waals surface area contributed by atoms with Crippen LogP contribution in [-0.2, 0) is 9.59 Å². The number of carboxylic acid groups (broad SMARTS) is 2. The van der Waals surface area contributed by atoms with Crippen molar-refractivity contribution in [2.45, 2.75) is 31.9 Å². The molecule has 9 heteroatoms. The van der Waals surface area contributed by atoms with Crippen LogP contribution in [-0.4, -0.2) is 46.5 Å². The third-order valence-electron chi connectivity index (χ3n) is 4.10. The summed E-state index contributed by atoms with van der Waals surface area (Å²) in [4.78, 5) is 18.2. The number of nitriles is 1. The number of hydrogen-bond donors (Lipinski definition) is 4. The number of aliphatic hydroxyl groups excluding tert-OH is 1. The van der Waals surface area contributed by atoms with Gasteiger partial charge in [0.25, 0.3) is 0 Å². The number of hydrogen-bond acceptors (Lipinski definition) is 6. The summed E-state index contributed by atoms with van der Waals surface area (Å²) in [6.07, 6.45) is 1.50. The van der Waals surface area contributed by atoms with Crippen molar-refractivity contribution in [2.75, 3.05) is 13.2 Å². The molecule has 0 spiro atoms. The third-order valence-corrected chi connectivity index (χ3v) is 4.33. The maximum absolute atomic E-state index is 9.29. The summed E-state index contributed by atoms with van der Waals surface area (Å²) in [6.45, 7) is 2.85. The van der Waals surface area contributed by atoms with Crippen LogP contribution < -0.4 is 10.1 Å². The molecular weight excluding hydrogens is 424 g/mol. The highest BCUT2D eigenvalue weighted by molar-refractivity contribution is 6.30. The predicted octanol–water partition coefficient (Wildman–Crippen LogP) is 3.24. The number of benzene rings is 2. The van der Waals surface area contributed by atoms with E-state index in [0.717, 1.165) is 24.9 Å². The van der Waals surface area contributed by atoms with Crippen molar-refractivity contribution in [2.24, 2.45) is 0 Å². The summed E-state index contributed by atoms with van der Waals surface area (Å²) in [5.74, 6) is -3.15. The van der Waals surface area contributed by atoms with Crippen LogP contribution in [0.5, 0.6) is 5.75 Å². The highest BCUT2D eigenvalue weighted by Gasteiger charge is 2.16. The van der Waals surface area contributed by atoms with Crippen LogP contribution in [0.1, 0.15) is 37.0 Å². The molecule has 0 aliphatic carbocycles. The highest BCUT2D eigenvalue weighted by Crippen LogP contribution is 2.30. The summed E-state index contributed by atoms with van der Waals surface area (Å²) in [7, 11) is 0. The molecule has 0 aromatic heterocycles. The van der Waals surface area contributed by atoms with E-state index in [2.05, 4.69) is 11.4 Å². The maximum Gasteiger partial charge on any atom is 0.414 e. The monoisotopic (exact) mass is 448 g/mol. The number of ether oxygens (including phenoxy) is 1. The Kier molecular flexibility index (Phi) is 11.7. The number of aliphatic carboxylic acids is 2. The van der Waals surface area contributed by atoms with Crippen LogP contribution >= 0.6 is 11.6 Å². The zero-order valence-corrected chi connectivity index (χ0v) is 17.7. The van der Waals surface area contributed by atoms with E-state index in [9.17, 15) is 5.26 Å². The summed E-state index contributed by atoms with van der Waals surface area (Å²) in [5.41, 5.74) is 1.53. The first-order chi connectivity index (χ1) is 14.8. The van der Waals surface area contributed by atoms with E-state index in [1.165, 1.54) is 0 Å². The van der Waals surface area contributed by atoms with Gasteiger partial charge in [0, 0.05) is 17.1 Å². The summed E-state index contributed by atoms with van der Waals surface area (Å²) in [5, 5.41) is 36.9. The van der Waals surface area contributed by atoms with Gasteiger partial charge in [0.1, 0.15) is 17.9 Å². The van der Waals surface area contributed by atoms with Crippen molar-refractivity contribution in [1.29, 1.82) is 5.26 Å². The van der Waals surface area contributed by atoms with Crippen molar-refractivity contribution in [3.63, 3.8) is 0 Å². The molecule has 0 bridgehead atoms. The minimum absolute atomic E-state index is 0.0780. The minimum atomic E-state index is -1.82. The molecule has 2 rings (SSSR count). The van der Waals surface area contributed by atoms with E-state index in [4.69, 9.17) is 41.2 Å². The maximum atomic E-state index is 9.29. The molecule has 0 unspecified atom stereocenters. The lowest BCUT2D eigenvalue weighted by molar-refractivity contribution is -0.159. The van der Waals surface area contributed by atoms with Gasteiger partial charge in [-0.1, -0.05) is 41.9 Å². The Bertz CT molecular complexity index is 873. The first kappa shape index (κ1) is 25.9. The molecule has 0 amide bonds. The summed E-state index contributed by atoms with van der Waals surface area (Å²) in [6, 6.07) is 17.2. The molecule has 0 heterocycles. The SMILES string of the molecule is C[C@@H](CO)NCCC[C@@H](Oc1cc(Cl)ccc1C#N)c1ccccc1.O=C(O)C(=O)O. The summed E-state index contributed by atoms with van der Waals surface area (Å²) >= 11 is 6.06. The molecule has 0 saturated heterocycles. The molecule has 0 radical (unpaired) electrons. The highest BCUT2D eigenvalue weighted by atomic mass is 35.5. The van der Waals surface area contributed by atoms with Gasteiger partial charge in [0.15, 0.2) is 0 Å². The van der Waals surface area contributed by atoms with Crippen LogP contribution in [0.25, 0.3) is 0 Å². The normalized spacial score (nSPS) is 11.9. The Morgan fingerprint density at radius 2 is 1.81 bits per heavy atom. The molecule has 2 atom stereocenters. The van der Waals surface area contributed by atoms with Crippen LogP contribution in [0.15, 0.2) is 48.5 Å². The predicted molar refractivity (Wildman–Crippen MR) is 115 cm³/mol. The largest absolute Gasteiger partial charge is 0.484 e. The van der Waals surface area contributed by atoms with Crippen LogP contribution in [0.4, 0.5) is 0 Å². The third kappa shape index (κ3) is 9.96. The van der Waals surface area contributed by atoms with E-state index in [0.29, 0.717) is 16.3 Å². The fourth-order valence-electron chi connectivity index (χ4n) is 2.50. The molecule has 0 aliphatic rings. The van der Waals surface area contributed by atoms with Gasteiger partial charge >= 0.3 is 11.9 Å². The number of carboxylic acids is 2. The van der Waals surface area contributed by atoms with Crippen LogP contribution in [0.2, 0.25) is 5.02 Å². The number of rotatable bonds is 9. The number of carbonyl (C=O) groups is 2. The van der Waals surface area contributed by atoms with Gasteiger partial charge in [-0.25, -0.2) is 9.59 Å². The number of nitrogens with one attached hydrogen (secondary N) is 1. The van der Waals surface area contributed by atoms with Gasteiger partial charge in [-0.2, -0.15) is 5.26 Å². The van der Waals surface area contributed by atoms with Gasteiger partial charge in [-0.05, 0) is 44.0 Å². The van der Waals surface area contributed by atoms with Gasteiger partial charge in [-0.3, -0.25) is 0 Å². The lowest BCUT2D eigenvalue weighted by Crippen LogP contribution is -2.30. The topological polar surface area (TPSA) is 140 Å². The first-order valence-corrected chi connectivity index (χ1v) is 9.88. The van der Waals surface area contributed by atoms with E-state index in [1.54, 1.807) is 18.2 Å². The lowest BCUT2D eigenvalue weighted by Gasteiger charge is -2.21. The molecule has 4 N–H and O–H groups in total. The second-order valence-electron chi connectivity index (χ2n) is 6.56. The van der Waals surface area contributed by atoms with Crippen LogP contribution in [0.3, 0.4) is 0 Å². The standard InChI is InChI=1S/C20H23ClN2O2.C2H2O4/c1-15(14-24)23-11-5-8-19(16-6-3-2-4-7-16)25-20-12-18(21)10-9-17(20)13-22;3-1(4)2(5)6/h2-4,6-7,9-10,12,15,19,23-24H,5,8,11,14H2,1H3;(H,3,4)(H,5,6)/t15-,19+;/m0./s1. The second kappa shape index (κ2) is 14.0. The van der Waals surface area contributed by atoms with Crippen molar-refractivity contribution in [3.8, 4) is 11.8 Å². The van der Waals surface area contributed by atoms with E-state index < -0.39 is 11.9 Å². The molecule has 0 fully saturated rings. The first-order valence-electron chi connectivity index (χ1n) is 9.50. The Balaban J connectivity index is 0.000000703. The van der Waals surface area contributed by atoms with Crippen molar-refractivity contribution in [3.05, 3.63) is 64.7 Å². The molecule has 0 aliphatic heterocycles. The summed E-state index contributed by atoms with van der Waals surface area (Å²) < 4.78 is 6.15. The average Bonchev–Trinajstić information content (AvgIpc) is 2.76. The number of nitrogens with zero attached hydrogens (tertiary/aromatic N) is 1. The molecule has 31 heavy (non-hydrogen) atoms. The van der Waals surface area contributed by atoms with Gasteiger partial charge in [-0.15, -0.1) is 0 Å². The fraction of sp³-hybridized carbons (Fsp3) is 0.318. The molecule has 2 aromatic rings. The zero-order chi connectivity index (χ0) is 23.2.